The highest BCUT2D eigenvalue weighted by Crippen LogP contribution is 2.36. The van der Waals surface area contributed by atoms with Gasteiger partial charge in [-0.1, -0.05) is 38.1 Å². The van der Waals surface area contributed by atoms with Gasteiger partial charge >= 0.3 is 0 Å². The van der Waals surface area contributed by atoms with Gasteiger partial charge < -0.3 is 5.73 Å². The largest absolute Gasteiger partial charge is 0.330 e. The van der Waals surface area contributed by atoms with E-state index in [4.69, 9.17) is 5.73 Å². The first-order valence-corrected chi connectivity index (χ1v) is 8.57. The van der Waals surface area contributed by atoms with Gasteiger partial charge in [0.1, 0.15) is 0 Å². The Morgan fingerprint density at radius 3 is 2.33 bits per heavy atom. The van der Waals surface area contributed by atoms with E-state index in [9.17, 15) is 0 Å². The van der Waals surface area contributed by atoms with Crippen LogP contribution in [0.1, 0.15) is 57.7 Å². The maximum Gasteiger partial charge on any atom is 0.0391 e. The summed E-state index contributed by atoms with van der Waals surface area (Å²) in [6, 6.07) is 10.4. The Labute approximate surface area is 130 Å². The number of hydrogen-bond donors (Lipinski definition) is 1. The molecule has 1 aliphatic heterocycles. The molecule has 2 atom stereocenters. The van der Waals surface area contributed by atoms with Crippen molar-refractivity contribution >= 4 is 0 Å². The Morgan fingerprint density at radius 1 is 1.14 bits per heavy atom. The van der Waals surface area contributed by atoms with Crippen LogP contribution < -0.4 is 5.73 Å². The van der Waals surface area contributed by atoms with E-state index in [-0.39, 0.29) is 0 Å². The lowest BCUT2D eigenvalue weighted by molar-refractivity contribution is 0.0665. The molecular formula is C19H32N2. The average molecular weight is 288 g/mol. The molecule has 21 heavy (non-hydrogen) atoms. The summed E-state index contributed by atoms with van der Waals surface area (Å²) in [6.07, 6.45) is 3.71. The van der Waals surface area contributed by atoms with Crippen LogP contribution in [0.15, 0.2) is 24.3 Å². The Bertz CT molecular complexity index is 422. The van der Waals surface area contributed by atoms with E-state index in [1.165, 1.54) is 36.9 Å². The molecule has 2 unspecified atom stereocenters. The van der Waals surface area contributed by atoms with Gasteiger partial charge in [0, 0.05) is 12.1 Å². The molecule has 0 amide bonds. The van der Waals surface area contributed by atoms with Crippen LogP contribution in [0.3, 0.4) is 0 Å². The normalized spacial score (nSPS) is 24.0. The highest BCUT2D eigenvalue weighted by Gasteiger charge is 2.32. The topological polar surface area (TPSA) is 29.3 Å². The second-order valence-electron chi connectivity index (χ2n) is 7.25. The lowest BCUT2D eigenvalue weighted by atomic mass is 9.83. The van der Waals surface area contributed by atoms with Crippen molar-refractivity contribution in [3.63, 3.8) is 0 Å². The van der Waals surface area contributed by atoms with E-state index >= 15 is 0 Å². The van der Waals surface area contributed by atoms with Gasteiger partial charge in [0.05, 0.1) is 0 Å². The second kappa shape index (κ2) is 7.42. The summed E-state index contributed by atoms with van der Waals surface area (Å²) in [5, 5.41) is 0. The molecule has 0 aromatic heterocycles. The minimum absolute atomic E-state index is 0.497. The Morgan fingerprint density at radius 2 is 1.81 bits per heavy atom. The van der Waals surface area contributed by atoms with Gasteiger partial charge in [-0.2, -0.15) is 0 Å². The smallest absolute Gasteiger partial charge is 0.0391 e. The lowest BCUT2D eigenvalue weighted by Crippen LogP contribution is -2.44. The summed E-state index contributed by atoms with van der Waals surface area (Å²) in [6.45, 7) is 11.2. The number of benzene rings is 1. The minimum atomic E-state index is 0.497. The molecule has 0 bridgehead atoms. The molecule has 2 rings (SSSR count). The molecule has 0 radical (unpaired) electrons. The van der Waals surface area contributed by atoms with E-state index in [2.05, 4.69) is 56.9 Å². The van der Waals surface area contributed by atoms with Gasteiger partial charge in [0.15, 0.2) is 0 Å². The van der Waals surface area contributed by atoms with Gasteiger partial charge in [-0.15, -0.1) is 0 Å². The number of rotatable bonds is 5. The Hall–Kier alpha value is -0.860. The van der Waals surface area contributed by atoms with Crippen molar-refractivity contribution in [1.29, 1.82) is 0 Å². The molecule has 2 heteroatoms. The zero-order chi connectivity index (χ0) is 15.4. The van der Waals surface area contributed by atoms with Crippen molar-refractivity contribution in [1.82, 2.24) is 4.90 Å². The van der Waals surface area contributed by atoms with Crippen LogP contribution >= 0.6 is 0 Å². The van der Waals surface area contributed by atoms with Crippen molar-refractivity contribution < 1.29 is 0 Å². The summed E-state index contributed by atoms with van der Waals surface area (Å²) >= 11 is 0. The van der Waals surface area contributed by atoms with Crippen LogP contribution in [0, 0.1) is 11.8 Å². The van der Waals surface area contributed by atoms with E-state index in [1.807, 2.05) is 0 Å². The molecular weight excluding hydrogens is 256 g/mol. The highest BCUT2D eigenvalue weighted by atomic mass is 15.2. The molecule has 1 saturated heterocycles. The van der Waals surface area contributed by atoms with Gasteiger partial charge in [-0.05, 0) is 69.2 Å². The van der Waals surface area contributed by atoms with E-state index in [1.54, 1.807) is 0 Å². The minimum Gasteiger partial charge on any atom is -0.330 e. The van der Waals surface area contributed by atoms with Crippen molar-refractivity contribution in [2.75, 3.05) is 13.1 Å². The third-order valence-electron chi connectivity index (χ3n) is 4.73. The summed E-state index contributed by atoms with van der Waals surface area (Å²) in [4.78, 5) is 2.64. The quantitative estimate of drug-likeness (QED) is 0.887. The SMILES string of the molecule is CC(C)Cc1ccc(C2C(CN)CCCN2C(C)C)cc1. The molecule has 0 saturated carbocycles. The summed E-state index contributed by atoms with van der Waals surface area (Å²) in [5.74, 6) is 1.31. The molecule has 0 spiro atoms. The standard InChI is InChI=1S/C19H32N2/c1-14(2)12-16-7-9-17(10-8-16)19-18(13-20)6-5-11-21(19)15(3)4/h7-10,14-15,18-19H,5-6,11-13,20H2,1-4H3. The molecule has 118 valence electrons. The Balaban J connectivity index is 2.22. The van der Waals surface area contributed by atoms with Crippen molar-refractivity contribution in [2.24, 2.45) is 17.6 Å². The summed E-state index contributed by atoms with van der Waals surface area (Å²) in [5.41, 5.74) is 8.96. The van der Waals surface area contributed by atoms with Crippen molar-refractivity contribution in [3.8, 4) is 0 Å². The molecule has 2 N–H and O–H groups in total. The van der Waals surface area contributed by atoms with Crippen LogP contribution in [-0.4, -0.2) is 24.0 Å². The van der Waals surface area contributed by atoms with Crippen LogP contribution in [-0.2, 0) is 6.42 Å². The maximum atomic E-state index is 6.06. The van der Waals surface area contributed by atoms with Crippen molar-refractivity contribution in [2.45, 2.75) is 59.0 Å². The predicted molar refractivity (Wildman–Crippen MR) is 91.3 cm³/mol. The Kier molecular flexibility index (Phi) is 5.83. The van der Waals surface area contributed by atoms with Gasteiger partial charge in [-0.3, -0.25) is 4.90 Å². The summed E-state index contributed by atoms with van der Waals surface area (Å²) < 4.78 is 0. The van der Waals surface area contributed by atoms with Crippen LogP contribution in [0.5, 0.6) is 0 Å². The van der Waals surface area contributed by atoms with Crippen LogP contribution in [0.25, 0.3) is 0 Å². The van der Waals surface area contributed by atoms with Gasteiger partial charge in [-0.25, -0.2) is 0 Å². The molecule has 1 aromatic rings. The molecule has 1 aliphatic rings. The molecule has 1 aromatic carbocycles. The fourth-order valence-corrected chi connectivity index (χ4v) is 3.72. The first-order chi connectivity index (χ1) is 10.0. The fourth-order valence-electron chi connectivity index (χ4n) is 3.72. The first kappa shape index (κ1) is 16.5. The molecule has 1 fully saturated rings. The molecule has 2 nitrogen and oxygen atoms in total. The summed E-state index contributed by atoms with van der Waals surface area (Å²) in [7, 11) is 0. The van der Waals surface area contributed by atoms with Crippen LogP contribution in [0.4, 0.5) is 0 Å². The maximum absolute atomic E-state index is 6.06. The number of piperidine rings is 1. The fraction of sp³-hybridized carbons (Fsp3) is 0.684. The van der Waals surface area contributed by atoms with E-state index in [0.717, 1.165) is 12.5 Å². The van der Waals surface area contributed by atoms with Gasteiger partial charge in [0.25, 0.3) is 0 Å². The van der Waals surface area contributed by atoms with E-state index < -0.39 is 0 Å². The molecule has 1 heterocycles. The second-order valence-corrected chi connectivity index (χ2v) is 7.25. The number of nitrogens with zero attached hydrogens (tertiary/aromatic N) is 1. The first-order valence-electron chi connectivity index (χ1n) is 8.57. The number of nitrogens with two attached hydrogens (primary N) is 1. The zero-order valence-electron chi connectivity index (χ0n) is 14.2. The molecule has 0 aliphatic carbocycles. The predicted octanol–water partition coefficient (Wildman–Crippen LogP) is 4.01. The average Bonchev–Trinajstić information content (AvgIpc) is 2.46. The number of hydrogen-bond acceptors (Lipinski definition) is 2. The third kappa shape index (κ3) is 4.08. The number of likely N-dealkylation sites (tertiary alicyclic amines) is 1. The monoisotopic (exact) mass is 288 g/mol. The van der Waals surface area contributed by atoms with Gasteiger partial charge in [0.2, 0.25) is 0 Å². The lowest BCUT2D eigenvalue weighted by Gasteiger charge is -2.43. The van der Waals surface area contributed by atoms with E-state index in [0.29, 0.717) is 18.0 Å². The third-order valence-corrected chi connectivity index (χ3v) is 4.73. The van der Waals surface area contributed by atoms with Crippen molar-refractivity contribution in [3.05, 3.63) is 35.4 Å². The zero-order valence-corrected chi connectivity index (χ0v) is 14.2. The highest BCUT2D eigenvalue weighted by molar-refractivity contribution is 5.26. The van der Waals surface area contributed by atoms with Crippen LogP contribution in [0.2, 0.25) is 0 Å².